The van der Waals surface area contributed by atoms with Crippen molar-refractivity contribution in [3.05, 3.63) is 16.4 Å². The number of aromatic nitrogens is 2. The van der Waals surface area contributed by atoms with Crippen molar-refractivity contribution in [2.45, 2.75) is 59.0 Å². The van der Waals surface area contributed by atoms with Gasteiger partial charge in [-0.05, 0) is 33.1 Å². The Kier molecular flexibility index (Phi) is 5.29. The first-order valence-electron chi connectivity index (χ1n) is 6.07. The van der Waals surface area contributed by atoms with Gasteiger partial charge in [0.15, 0.2) is 0 Å². The second kappa shape index (κ2) is 6.26. The Morgan fingerprint density at radius 1 is 1.38 bits per heavy atom. The molecule has 0 spiro atoms. The van der Waals surface area contributed by atoms with Crippen LogP contribution in [0.4, 0.5) is 0 Å². The average Bonchev–Trinajstić information content (AvgIpc) is 2.53. The summed E-state index contributed by atoms with van der Waals surface area (Å²) in [5.41, 5.74) is 8.06. The molecule has 1 aromatic heterocycles. The highest BCUT2D eigenvalue weighted by Gasteiger charge is 2.13. The van der Waals surface area contributed by atoms with Crippen molar-refractivity contribution in [1.29, 1.82) is 0 Å². The fourth-order valence-electron chi connectivity index (χ4n) is 1.95. The number of nitrogens with zero attached hydrogens (tertiary/aromatic N) is 2. The summed E-state index contributed by atoms with van der Waals surface area (Å²) in [6.45, 7) is 7.06. The molecular formula is C12H22ClN3. The third-order valence-corrected chi connectivity index (χ3v) is 3.36. The van der Waals surface area contributed by atoms with E-state index in [1.165, 1.54) is 0 Å². The van der Waals surface area contributed by atoms with Gasteiger partial charge in [-0.25, -0.2) is 0 Å². The largest absolute Gasteiger partial charge is 0.328 e. The topological polar surface area (TPSA) is 43.8 Å². The molecule has 0 saturated heterocycles. The van der Waals surface area contributed by atoms with E-state index < -0.39 is 0 Å². The minimum atomic E-state index is 0.279. The molecule has 1 rings (SSSR count). The Bertz CT molecular complexity index is 333. The summed E-state index contributed by atoms with van der Waals surface area (Å²) in [5, 5.41) is 5.21. The Labute approximate surface area is 103 Å². The fraction of sp³-hybridized carbons (Fsp3) is 0.750. The predicted octanol–water partition coefficient (Wildman–Crippen LogP) is 2.92. The molecular weight excluding hydrogens is 222 g/mol. The molecule has 0 bridgehead atoms. The molecule has 1 aromatic rings. The second-order valence-electron chi connectivity index (χ2n) is 4.25. The standard InChI is InChI=1S/C12H22ClN3/c1-4-6-10(14)7-8-11-12(13)9(3)15-16(11)5-2/h10H,4-8,14H2,1-3H3. The van der Waals surface area contributed by atoms with Crippen molar-refractivity contribution in [2.24, 2.45) is 5.73 Å². The summed E-state index contributed by atoms with van der Waals surface area (Å²) < 4.78 is 1.98. The van der Waals surface area contributed by atoms with E-state index >= 15 is 0 Å². The summed E-state index contributed by atoms with van der Waals surface area (Å²) in [7, 11) is 0. The molecule has 1 unspecified atom stereocenters. The van der Waals surface area contributed by atoms with Crippen LogP contribution >= 0.6 is 11.6 Å². The Balaban J connectivity index is 2.65. The van der Waals surface area contributed by atoms with Crippen molar-refractivity contribution in [1.82, 2.24) is 9.78 Å². The molecule has 0 saturated carbocycles. The van der Waals surface area contributed by atoms with E-state index in [0.717, 1.165) is 48.6 Å². The zero-order chi connectivity index (χ0) is 12.1. The van der Waals surface area contributed by atoms with Gasteiger partial charge in [0.2, 0.25) is 0 Å². The van der Waals surface area contributed by atoms with E-state index in [2.05, 4.69) is 18.9 Å². The van der Waals surface area contributed by atoms with Crippen LogP contribution in [0.2, 0.25) is 5.02 Å². The Morgan fingerprint density at radius 2 is 2.06 bits per heavy atom. The first kappa shape index (κ1) is 13.5. The van der Waals surface area contributed by atoms with E-state index in [1.807, 2.05) is 11.6 Å². The van der Waals surface area contributed by atoms with Gasteiger partial charge in [-0.3, -0.25) is 4.68 Å². The van der Waals surface area contributed by atoms with Gasteiger partial charge in [-0.2, -0.15) is 5.10 Å². The smallest absolute Gasteiger partial charge is 0.0847 e. The lowest BCUT2D eigenvalue weighted by Gasteiger charge is -2.11. The monoisotopic (exact) mass is 243 g/mol. The lowest BCUT2D eigenvalue weighted by molar-refractivity contribution is 0.536. The zero-order valence-corrected chi connectivity index (χ0v) is 11.2. The predicted molar refractivity (Wildman–Crippen MR) is 68.9 cm³/mol. The van der Waals surface area contributed by atoms with Gasteiger partial charge in [-0.1, -0.05) is 24.9 Å². The number of hydrogen-bond donors (Lipinski definition) is 1. The van der Waals surface area contributed by atoms with E-state index in [9.17, 15) is 0 Å². The van der Waals surface area contributed by atoms with Crippen LogP contribution in [-0.2, 0) is 13.0 Å². The molecule has 3 nitrogen and oxygen atoms in total. The van der Waals surface area contributed by atoms with Crippen molar-refractivity contribution in [2.75, 3.05) is 0 Å². The van der Waals surface area contributed by atoms with Crippen molar-refractivity contribution in [3.8, 4) is 0 Å². The van der Waals surface area contributed by atoms with Gasteiger partial charge < -0.3 is 5.73 Å². The maximum Gasteiger partial charge on any atom is 0.0847 e. The molecule has 1 heterocycles. The van der Waals surface area contributed by atoms with Gasteiger partial charge >= 0.3 is 0 Å². The summed E-state index contributed by atoms with van der Waals surface area (Å²) in [6, 6.07) is 0.279. The Morgan fingerprint density at radius 3 is 2.62 bits per heavy atom. The van der Waals surface area contributed by atoms with Gasteiger partial charge in [0, 0.05) is 12.6 Å². The fourth-order valence-corrected chi connectivity index (χ4v) is 2.17. The molecule has 0 aromatic carbocycles. The molecule has 0 aliphatic carbocycles. The minimum absolute atomic E-state index is 0.279. The van der Waals surface area contributed by atoms with Gasteiger partial charge in [0.25, 0.3) is 0 Å². The molecule has 0 aliphatic heterocycles. The summed E-state index contributed by atoms with van der Waals surface area (Å²) in [4.78, 5) is 0. The normalized spacial score (nSPS) is 13.1. The van der Waals surface area contributed by atoms with Crippen LogP contribution in [-0.4, -0.2) is 15.8 Å². The van der Waals surface area contributed by atoms with Crippen LogP contribution < -0.4 is 5.73 Å². The molecule has 0 aliphatic rings. The molecule has 1 atom stereocenters. The van der Waals surface area contributed by atoms with Crippen molar-refractivity contribution >= 4 is 11.6 Å². The highest BCUT2D eigenvalue weighted by molar-refractivity contribution is 6.31. The van der Waals surface area contributed by atoms with E-state index in [1.54, 1.807) is 0 Å². The lowest BCUT2D eigenvalue weighted by atomic mass is 10.1. The first-order valence-corrected chi connectivity index (χ1v) is 6.45. The van der Waals surface area contributed by atoms with Crippen LogP contribution in [0.25, 0.3) is 0 Å². The molecule has 0 amide bonds. The minimum Gasteiger partial charge on any atom is -0.328 e. The van der Waals surface area contributed by atoms with Crippen LogP contribution in [0.1, 0.15) is 44.5 Å². The lowest BCUT2D eigenvalue weighted by Crippen LogP contribution is -2.20. The van der Waals surface area contributed by atoms with Crippen molar-refractivity contribution in [3.63, 3.8) is 0 Å². The highest BCUT2D eigenvalue weighted by Crippen LogP contribution is 2.22. The third kappa shape index (κ3) is 3.22. The average molecular weight is 244 g/mol. The number of rotatable bonds is 6. The van der Waals surface area contributed by atoms with Gasteiger partial charge in [-0.15, -0.1) is 0 Å². The van der Waals surface area contributed by atoms with Crippen LogP contribution in [0.15, 0.2) is 0 Å². The maximum absolute atomic E-state index is 6.23. The van der Waals surface area contributed by atoms with Crippen LogP contribution in [0, 0.1) is 6.92 Å². The van der Waals surface area contributed by atoms with Gasteiger partial charge in [0.1, 0.15) is 0 Å². The molecule has 0 fully saturated rings. The molecule has 16 heavy (non-hydrogen) atoms. The van der Waals surface area contributed by atoms with Crippen LogP contribution in [0.3, 0.4) is 0 Å². The SMILES string of the molecule is CCCC(N)CCc1c(Cl)c(C)nn1CC. The summed E-state index contributed by atoms with van der Waals surface area (Å²) in [5.74, 6) is 0. The molecule has 2 N–H and O–H groups in total. The molecule has 92 valence electrons. The summed E-state index contributed by atoms with van der Waals surface area (Å²) >= 11 is 6.23. The number of aryl methyl sites for hydroxylation is 2. The quantitative estimate of drug-likeness (QED) is 0.835. The maximum atomic E-state index is 6.23. The number of hydrogen-bond acceptors (Lipinski definition) is 2. The van der Waals surface area contributed by atoms with E-state index in [-0.39, 0.29) is 6.04 Å². The Hall–Kier alpha value is -0.540. The third-order valence-electron chi connectivity index (χ3n) is 2.86. The van der Waals surface area contributed by atoms with Crippen molar-refractivity contribution < 1.29 is 0 Å². The van der Waals surface area contributed by atoms with E-state index in [4.69, 9.17) is 17.3 Å². The van der Waals surface area contributed by atoms with E-state index in [0.29, 0.717) is 0 Å². The van der Waals surface area contributed by atoms with Crippen LogP contribution in [0.5, 0.6) is 0 Å². The van der Waals surface area contributed by atoms with Gasteiger partial charge in [0.05, 0.1) is 16.4 Å². The molecule has 0 radical (unpaired) electrons. The first-order chi connectivity index (χ1) is 7.60. The number of nitrogens with two attached hydrogens (primary N) is 1. The second-order valence-corrected chi connectivity index (χ2v) is 4.63. The zero-order valence-electron chi connectivity index (χ0n) is 10.5. The molecule has 4 heteroatoms. The summed E-state index contributed by atoms with van der Waals surface area (Å²) in [6.07, 6.45) is 4.13. The highest BCUT2D eigenvalue weighted by atomic mass is 35.5. The number of halogens is 1.